The van der Waals surface area contributed by atoms with Crippen LogP contribution in [0.3, 0.4) is 0 Å². The maximum absolute atomic E-state index is 6.96. The van der Waals surface area contributed by atoms with E-state index in [0.717, 1.165) is 0 Å². The fourth-order valence-electron chi connectivity index (χ4n) is 2.08. The Hall–Kier alpha value is 0.720. The summed E-state index contributed by atoms with van der Waals surface area (Å²) in [6.07, 6.45) is 10.4. The molecule has 0 saturated carbocycles. The van der Waals surface area contributed by atoms with Gasteiger partial charge in [-0.3, -0.25) is 0 Å². The normalized spacial score (nSPS) is 15.1. The van der Waals surface area contributed by atoms with Crippen molar-refractivity contribution in [1.29, 1.82) is 0 Å². The van der Waals surface area contributed by atoms with Gasteiger partial charge in [-0.2, -0.15) is 0 Å². The zero-order valence-electron chi connectivity index (χ0n) is 10.5. The predicted octanol–water partition coefficient (Wildman–Crippen LogP) is 5.33. The van der Waals surface area contributed by atoms with Gasteiger partial charge in [0.1, 0.15) is 0 Å². The second-order valence-corrected chi connectivity index (χ2v) is 13.4. The second-order valence-electron chi connectivity index (χ2n) is 4.55. The Morgan fingerprint density at radius 1 is 0.786 bits per heavy atom. The van der Waals surface area contributed by atoms with Crippen molar-refractivity contribution in [3.05, 3.63) is 0 Å². The average Bonchev–Trinajstić information content (AvgIpc) is 2.25. The van der Waals surface area contributed by atoms with Crippen molar-refractivity contribution in [3.8, 4) is 0 Å². The van der Waals surface area contributed by atoms with Gasteiger partial charge >= 0.3 is 95.2 Å². The van der Waals surface area contributed by atoms with Crippen LogP contribution in [0.25, 0.3) is 0 Å². The molecule has 0 bridgehead atoms. The van der Waals surface area contributed by atoms with Gasteiger partial charge in [-0.05, 0) is 0 Å². The number of hydrogen-bond donors (Lipinski definition) is 0. The summed E-state index contributed by atoms with van der Waals surface area (Å²) in [4.78, 5) is 0. The van der Waals surface area contributed by atoms with Gasteiger partial charge in [0.2, 0.25) is 0 Å². The first-order valence-corrected chi connectivity index (χ1v) is 10.1. The molecule has 0 saturated heterocycles. The molecule has 0 unspecified atom stereocenters. The number of rotatable bonds is 8. The van der Waals surface area contributed by atoms with Crippen LogP contribution < -0.4 is 0 Å². The van der Waals surface area contributed by atoms with Crippen molar-refractivity contribution < 1.29 is 0 Å². The van der Waals surface area contributed by atoms with Crippen molar-refractivity contribution in [2.75, 3.05) is 24.6 Å². The molecule has 14 heavy (non-hydrogen) atoms. The molecule has 0 aliphatic rings. The van der Waals surface area contributed by atoms with Crippen LogP contribution in [0.15, 0.2) is 0 Å². The van der Waals surface area contributed by atoms with Gasteiger partial charge in [0.25, 0.3) is 0 Å². The first-order valence-electron chi connectivity index (χ1n) is 6.26. The molecule has 0 aliphatic carbocycles. The maximum atomic E-state index is 6.96. The molecule has 0 aromatic carbocycles. The third kappa shape index (κ3) is 4.07. The zero-order valence-corrected chi connectivity index (χ0v) is 12.1. The molecule has 0 aliphatic heterocycles. The van der Waals surface area contributed by atoms with E-state index in [9.17, 15) is 0 Å². The SMILES string of the molecule is CCCCCCP(Cl)(CC)(CC)CC. The van der Waals surface area contributed by atoms with Crippen LogP contribution >= 0.6 is 17.2 Å². The second kappa shape index (κ2) is 6.33. The Morgan fingerprint density at radius 2 is 1.29 bits per heavy atom. The van der Waals surface area contributed by atoms with Crippen molar-refractivity contribution in [1.82, 2.24) is 0 Å². The summed E-state index contributed by atoms with van der Waals surface area (Å²) in [5, 5.41) is 0. The summed E-state index contributed by atoms with van der Waals surface area (Å²) in [7, 11) is 0. The summed E-state index contributed by atoms with van der Waals surface area (Å²) in [5.74, 6) is -1.76. The molecule has 0 rings (SSSR count). The van der Waals surface area contributed by atoms with E-state index < -0.39 is 5.96 Å². The molecule has 88 valence electrons. The third-order valence-electron chi connectivity index (χ3n) is 3.94. The molecule has 0 spiro atoms. The van der Waals surface area contributed by atoms with E-state index in [0.29, 0.717) is 0 Å². The zero-order chi connectivity index (χ0) is 11.1. The van der Waals surface area contributed by atoms with E-state index in [1.54, 1.807) is 0 Å². The van der Waals surface area contributed by atoms with E-state index in [1.165, 1.54) is 50.3 Å². The van der Waals surface area contributed by atoms with Crippen LogP contribution in [-0.2, 0) is 0 Å². The number of hydrogen-bond acceptors (Lipinski definition) is 0. The Bertz CT molecular complexity index is 141. The van der Waals surface area contributed by atoms with Crippen molar-refractivity contribution in [3.63, 3.8) is 0 Å². The molecule has 0 aromatic heterocycles. The Morgan fingerprint density at radius 3 is 1.64 bits per heavy atom. The molecule has 0 radical (unpaired) electrons. The quantitative estimate of drug-likeness (QED) is 0.396. The van der Waals surface area contributed by atoms with Crippen LogP contribution in [0, 0.1) is 0 Å². The van der Waals surface area contributed by atoms with Gasteiger partial charge in [-0.25, -0.2) is 0 Å². The van der Waals surface area contributed by atoms with Gasteiger partial charge in [0.15, 0.2) is 0 Å². The predicted molar refractivity (Wildman–Crippen MR) is 73.4 cm³/mol. The van der Waals surface area contributed by atoms with Crippen molar-refractivity contribution >= 4 is 17.2 Å². The number of halogens is 1. The molecular weight excluding hydrogens is 211 g/mol. The standard InChI is InChI=1S/C12H28ClP/c1-5-9-10-11-12-14(13,6-2,7-3)8-4/h5-12H2,1-4H3. The first kappa shape index (κ1) is 14.7. The van der Waals surface area contributed by atoms with Gasteiger partial charge in [-0.15, -0.1) is 0 Å². The molecule has 2 heteroatoms. The van der Waals surface area contributed by atoms with Crippen LogP contribution in [0.4, 0.5) is 0 Å². The fraction of sp³-hybridized carbons (Fsp3) is 1.00. The van der Waals surface area contributed by atoms with Crippen LogP contribution in [0.5, 0.6) is 0 Å². The molecule has 0 amide bonds. The Balaban J connectivity index is 4.10. The Labute approximate surface area is 95.5 Å². The summed E-state index contributed by atoms with van der Waals surface area (Å²) >= 11 is 6.96. The van der Waals surface area contributed by atoms with Gasteiger partial charge in [0, 0.05) is 0 Å². The van der Waals surface area contributed by atoms with E-state index in [2.05, 4.69) is 27.7 Å². The summed E-state index contributed by atoms with van der Waals surface area (Å²) in [6, 6.07) is 0. The molecule has 0 N–H and O–H groups in total. The molecular formula is C12H28ClP. The van der Waals surface area contributed by atoms with Gasteiger partial charge in [-0.1, -0.05) is 0 Å². The van der Waals surface area contributed by atoms with E-state index >= 15 is 0 Å². The van der Waals surface area contributed by atoms with Crippen LogP contribution in [0.1, 0.15) is 53.4 Å². The number of unbranched alkanes of at least 4 members (excludes halogenated alkanes) is 3. The van der Waals surface area contributed by atoms with Crippen molar-refractivity contribution in [2.45, 2.75) is 53.4 Å². The van der Waals surface area contributed by atoms with E-state index in [-0.39, 0.29) is 0 Å². The fourth-order valence-corrected chi connectivity index (χ4v) is 5.74. The molecule has 0 nitrogen and oxygen atoms in total. The molecule has 0 atom stereocenters. The third-order valence-corrected chi connectivity index (χ3v) is 12.8. The minimum absolute atomic E-state index is 1.23. The molecule has 0 fully saturated rings. The minimum atomic E-state index is -1.76. The summed E-state index contributed by atoms with van der Waals surface area (Å²) in [5.41, 5.74) is 0. The van der Waals surface area contributed by atoms with Gasteiger partial charge in [0.05, 0.1) is 0 Å². The van der Waals surface area contributed by atoms with Gasteiger partial charge < -0.3 is 0 Å². The van der Waals surface area contributed by atoms with E-state index in [1.807, 2.05) is 0 Å². The van der Waals surface area contributed by atoms with Crippen LogP contribution in [0.2, 0.25) is 0 Å². The first-order chi connectivity index (χ1) is 6.54. The summed E-state index contributed by atoms with van der Waals surface area (Å²) < 4.78 is 0. The topological polar surface area (TPSA) is 0 Å². The summed E-state index contributed by atoms with van der Waals surface area (Å²) in [6.45, 7) is 9.13. The Kier molecular flexibility index (Phi) is 6.66. The van der Waals surface area contributed by atoms with E-state index in [4.69, 9.17) is 11.2 Å². The van der Waals surface area contributed by atoms with Crippen LogP contribution in [-0.4, -0.2) is 24.6 Å². The molecule has 0 aromatic rings. The molecule has 0 heterocycles. The van der Waals surface area contributed by atoms with Crippen molar-refractivity contribution in [2.24, 2.45) is 0 Å². The monoisotopic (exact) mass is 238 g/mol. The average molecular weight is 239 g/mol.